The molecule has 0 spiro atoms. The van der Waals surface area contributed by atoms with Crippen molar-refractivity contribution in [3.63, 3.8) is 0 Å². The van der Waals surface area contributed by atoms with Crippen molar-refractivity contribution in [3.8, 4) is 11.5 Å². The highest BCUT2D eigenvalue weighted by atomic mass is 16.7. The maximum Gasteiger partial charge on any atom is 0.251 e. The molecule has 11 heteroatoms. The highest BCUT2D eigenvalue weighted by molar-refractivity contribution is 5.77. The number of nitrogens with zero attached hydrogens (tertiary/aromatic N) is 4. The fourth-order valence-electron chi connectivity index (χ4n) is 3.63. The summed E-state index contributed by atoms with van der Waals surface area (Å²) in [5, 5.41) is 0. The van der Waals surface area contributed by atoms with Gasteiger partial charge in [0, 0.05) is 24.3 Å². The number of carbonyl (C=O) groups excluding carboxylic acids is 1. The van der Waals surface area contributed by atoms with E-state index in [4.69, 9.17) is 18.9 Å². The van der Waals surface area contributed by atoms with Gasteiger partial charge in [0.15, 0.2) is 6.29 Å². The monoisotopic (exact) mass is 480 g/mol. The number of methoxy groups -OCH3 is 2. The normalized spacial score (nSPS) is 13.4. The van der Waals surface area contributed by atoms with Gasteiger partial charge in [0.2, 0.25) is 0 Å². The molecule has 1 saturated heterocycles. The first-order chi connectivity index (χ1) is 17.0. The van der Waals surface area contributed by atoms with Crippen LogP contribution < -0.4 is 20.6 Å². The number of carbonyl (C=O) groups is 1. The van der Waals surface area contributed by atoms with Crippen molar-refractivity contribution in [1.82, 2.24) is 19.1 Å². The van der Waals surface area contributed by atoms with Crippen molar-refractivity contribution in [3.05, 3.63) is 69.5 Å². The van der Waals surface area contributed by atoms with Crippen LogP contribution in [0.1, 0.15) is 0 Å². The second-order valence-electron chi connectivity index (χ2n) is 7.46. The Balaban J connectivity index is 0.000000168. The summed E-state index contributed by atoms with van der Waals surface area (Å²) >= 11 is 0. The lowest BCUT2D eigenvalue weighted by Gasteiger charge is -2.14. The van der Waals surface area contributed by atoms with Crippen LogP contribution in [0.2, 0.25) is 0 Å². The van der Waals surface area contributed by atoms with Crippen molar-refractivity contribution in [2.75, 3.05) is 27.4 Å². The number of pyridine rings is 4. The zero-order valence-corrected chi connectivity index (χ0v) is 19.2. The molecular weight excluding hydrogens is 456 g/mol. The molecule has 0 bridgehead atoms. The van der Waals surface area contributed by atoms with Gasteiger partial charge in [-0.2, -0.15) is 0 Å². The van der Waals surface area contributed by atoms with Crippen molar-refractivity contribution in [1.29, 1.82) is 0 Å². The first-order valence-electron chi connectivity index (χ1n) is 10.8. The zero-order valence-electron chi connectivity index (χ0n) is 19.2. The molecule has 1 aliphatic heterocycles. The highest BCUT2D eigenvalue weighted by Crippen LogP contribution is 2.18. The summed E-state index contributed by atoms with van der Waals surface area (Å²) < 4.78 is 23.9. The second kappa shape index (κ2) is 10.9. The third kappa shape index (κ3) is 5.36. The maximum atomic E-state index is 12.0. The van der Waals surface area contributed by atoms with Gasteiger partial charge in [-0.3, -0.25) is 24.1 Å². The van der Waals surface area contributed by atoms with Crippen molar-refractivity contribution in [2.45, 2.75) is 19.4 Å². The van der Waals surface area contributed by atoms with Gasteiger partial charge >= 0.3 is 0 Å². The summed E-state index contributed by atoms with van der Waals surface area (Å²) in [4.78, 5) is 42.5. The Morgan fingerprint density at radius 3 is 1.91 bits per heavy atom. The Hall–Kier alpha value is -4.09. The zero-order chi connectivity index (χ0) is 24.8. The summed E-state index contributed by atoms with van der Waals surface area (Å²) in [6.45, 7) is 1.49. The minimum atomic E-state index is -0.380. The standard InChI is InChI=1S/C13H14N2O4.C11H10N2O3/c1-17-9-6-11-10(14-7-9)2-3-12(16)15(11)8-13-18-4-5-19-13;1-16-8-6-10-9(12-7-8)2-3-11(15)13(10)4-5-14/h2-3,6-7,13H,4-5,8H2,1H3;2-3,5-7H,4H2,1H3. The molecule has 182 valence electrons. The Morgan fingerprint density at radius 2 is 1.40 bits per heavy atom. The topological polar surface area (TPSA) is 124 Å². The fraction of sp³-hybridized carbons (Fsp3) is 0.292. The molecule has 0 aromatic carbocycles. The van der Waals surface area contributed by atoms with Gasteiger partial charge in [-0.1, -0.05) is 0 Å². The van der Waals surface area contributed by atoms with Gasteiger partial charge in [0.25, 0.3) is 11.1 Å². The molecular formula is C24H24N4O7. The molecule has 0 unspecified atom stereocenters. The number of hydrogen-bond donors (Lipinski definition) is 0. The predicted octanol–water partition coefficient (Wildman–Crippen LogP) is 1.38. The van der Waals surface area contributed by atoms with Crippen molar-refractivity contribution < 1.29 is 23.7 Å². The van der Waals surface area contributed by atoms with Crippen LogP contribution in [0.15, 0.2) is 58.4 Å². The molecule has 0 atom stereocenters. The van der Waals surface area contributed by atoms with Crippen LogP contribution in [0.25, 0.3) is 22.1 Å². The molecule has 5 heterocycles. The molecule has 4 aromatic heterocycles. The van der Waals surface area contributed by atoms with Crippen LogP contribution in [0.5, 0.6) is 11.5 Å². The van der Waals surface area contributed by atoms with E-state index in [1.54, 1.807) is 48.3 Å². The average molecular weight is 480 g/mol. The van der Waals surface area contributed by atoms with Crippen LogP contribution in [-0.2, 0) is 27.4 Å². The van der Waals surface area contributed by atoms with E-state index in [2.05, 4.69) is 9.97 Å². The number of aromatic nitrogens is 4. The molecule has 11 nitrogen and oxygen atoms in total. The van der Waals surface area contributed by atoms with Gasteiger partial charge in [0.1, 0.15) is 17.8 Å². The smallest absolute Gasteiger partial charge is 0.251 e. The van der Waals surface area contributed by atoms with Crippen LogP contribution >= 0.6 is 0 Å². The lowest BCUT2D eigenvalue weighted by molar-refractivity contribution is -0.108. The Kier molecular flexibility index (Phi) is 7.48. The molecule has 1 fully saturated rings. The van der Waals surface area contributed by atoms with E-state index in [1.165, 1.54) is 23.8 Å². The summed E-state index contributed by atoms with van der Waals surface area (Å²) in [6, 6.07) is 9.69. The Bertz CT molecular complexity index is 1460. The van der Waals surface area contributed by atoms with Gasteiger partial charge in [0.05, 0.1) is 75.0 Å². The minimum absolute atomic E-state index is 0.0189. The molecule has 5 rings (SSSR count). The molecule has 0 radical (unpaired) electrons. The molecule has 0 N–H and O–H groups in total. The SMILES string of the molecule is COc1cnc2ccc(=O)n(CC3OCCO3)c2c1.COc1cnc2ccc(=O)n(CC=O)c2c1. The van der Waals surface area contributed by atoms with E-state index in [0.717, 1.165) is 5.52 Å². The fourth-order valence-corrected chi connectivity index (χ4v) is 3.63. The molecule has 0 amide bonds. The van der Waals surface area contributed by atoms with Gasteiger partial charge in [-0.05, 0) is 12.1 Å². The van der Waals surface area contributed by atoms with Crippen LogP contribution in [0.3, 0.4) is 0 Å². The Morgan fingerprint density at radius 1 is 0.886 bits per heavy atom. The molecule has 0 aliphatic carbocycles. The average Bonchev–Trinajstić information content (AvgIpc) is 3.40. The third-order valence-electron chi connectivity index (χ3n) is 5.38. The minimum Gasteiger partial charge on any atom is -0.495 e. The maximum absolute atomic E-state index is 12.0. The lowest BCUT2D eigenvalue weighted by Crippen LogP contribution is -2.27. The second-order valence-corrected chi connectivity index (χ2v) is 7.46. The first-order valence-corrected chi connectivity index (χ1v) is 10.8. The molecule has 1 aliphatic rings. The predicted molar refractivity (Wildman–Crippen MR) is 127 cm³/mol. The first kappa shape index (κ1) is 24.0. The van der Waals surface area contributed by atoms with E-state index in [0.29, 0.717) is 54.1 Å². The molecule has 35 heavy (non-hydrogen) atoms. The van der Waals surface area contributed by atoms with Crippen molar-refractivity contribution >= 4 is 28.4 Å². The van der Waals surface area contributed by atoms with E-state index in [1.807, 2.05) is 0 Å². The number of rotatable bonds is 6. The van der Waals surface area contributed by atoms with E-state index in [9.17, 15) is 14.4 Å². The largest absolute Gasteiger partial charge is 0.495 e. The Labute approximate surface area is 199 Å². The van der Waals surface area contributed by atoms with Crippen molar-refractivity contribution in [2.24, 2.45) is 0 Å². The number of ether oxygens (including phenoxy) is 4. The van der Waals surface area contributed by atoms with Gasteiger partial charge in [-0.25, -0.2) is 0 Å². The number of fused-ring (bicyclic) bond motifs is 2. The third-order valence-corrected chi connectivity index (χ3v) is 5.38. The summed E-state index contributed by atoms with van der Waals surface area (Å²) in [5.74, 6) is 1.16. The van der Waals surface area contributed by atoms with Gasteiger partial charge < -0.3 is 28.3 Å². The summed E-state index contributed by atoms with van der Waals surface area (Å²) in [7, 11) is 3.09. The molecule has 4 aromatic rings. The van der Waals surface area contributed by atoms with E-state index >= 15 is 0 Å². The number of aldehydes is 1. The van der Waals surface area contributed by atoms with Crippen LogP contribution in [-0.4, -0.2) is 59.1 Å². The molecule has 0 saturated carbocycles. The van der Waals surface area contributed by atoms with E-state index in [-0.39, 0.29) is 24.0 Å². The summed E-state index contributed by atoms with van der Waals surface area (Å²) in [6.07, 6.45) is 3.49. The quantitative estimate of drug-likeness (QED) is 0.377. The lowest BCUT2D eigenvalue weighted by atomic mass is 10.3. The van der Waals surface area contributed by atoms with E-state index < -0.39 is 0 Å². The van der Waals surface area contributed by atoms with Crippen LogP contribution in [0.4, 0.5) is 0 Å². The van der Waals surface area contributed by atoms with Crippen LogP contribution in [0, 0.1) is 0 Å². The van der Waals surface area contributed by atoms with Gasteiger partial charge in [-0.15, -0.1) is 0 Å². The number of hydrogen-bond acceptors (Lipinski definition) is 9. The highest BCUT2D eigenvalue weighted by Gasteiger charge is 2.18. The summed E-state index contributed by atoms with van der Waals surface area (Å²) in [5.41, 5.74) is 2.36.